The molecule has 4 nitrogen and oxygen atoms in total. The van der Waals surface area contributed by atoms with Gasteiger partial charge in [0.05, 0.1) is 13.2 Å². The van der Waals surface area contributed by atoms with Crippen LogP contribution in [0.15, 0.2) is 60.7 Å². The van der Waals surface area contributed by atoms with Crippen LogP contribution < -0.4 is 9.47 Å². The standard InChI is InChI=1S/C27H32O4/c1-19-17-20(2)26(21(3)18-19)27(4,22-5-9-24(10-6-22)30-15-13-28)23-7-11-25(12-8-23)31-16-14-29/h5-12,17-18,28-29H,13-16H2,1-4H3. The third-order valence-corrected chi connectivity index (χ3v) is 5.76. The summed E-state index contributed by atoms with van der Waals surface area (Å²) < 4.78 is 11.1. The lowest BCUT2D eigenvalue weighted by Crippen LogP contribution is -2.27. The van der Waals surface area contributed by atoms with Crippen molar-refractivity contribution in [1.29, 1.82) is 0 Å². The van der Waals surface area contributed by atoms with E-state index in [1.807, 2.05) is 24.3 Å². The number of rotatable bonds is 9. The van der Waals surface area contributed by atoms with Gasteiger partial charge in [-0.3, -0.25) is 0 Å². The van der Waals surface area contributed by atoms with E-state index >= 15 is 0 Å². The Morgan fingerprint density at radius 1 is 0.677 bits per heavy atom. The number of benzene rings is 3. The van der Waals surface area contributed by atoms with E-state index in [4.69, 9.17) is 19.7 Å². The van der Waals surface area contributed by atoms with E-state index in [0.29, 0.717) is 0 Å². The normalized spacial score (nSPS) is 11.4. The third-order valence-electron chi connectivity index (χ3n) is 5.76. The van der Waals surface area contributed by atoms with E-state index in [1.165, 1.54) is 22.3 Å². The van der Waals surface area contributed by atoms with Gasteiger partial charge in [0.1, 0.15) is 24.7 Å². The van der Waals surface area contributed by atoms with E-state index in [9.17, 15) is 0 Å². The van der Waals surface area contributed by atoms with Crippen molar-refractivity contribution in [2.45, 2.75) is 33.1 Å². The Bertz CT molecular complexity index is 916. The molecule has 164 valence electrons. The molecule has 31 heavy (non-hydrogen) atoms. The SMILES string of the molecule is Cc1cc(C)c(C(C)(c2ccc(OCCO)cc2)c2ccc(OCCO)cc2)c(C)c1. The summed E-state index contributed by atoms with van der Waals surface area (Å²) in [5, 5.41) is 18.0. The van der Waals surface area contributed by atoms with Crippen LogP contribution in [-0.2, 0) is 5.41 Å². The lowest BCUT2D eigenvalue weighted by atomic mass is 9.68. The molecule has 2 N–H and O–H groups in total. The quantitative estimate of drug-likeness (QED) is 0.492. The van der Waals surface area contributed by atoms with Crippen molar-refractivity contribution in [3.05, 3.63) is 94.0 Å². The Morgan fingerprint density at radius 2 is 1.06 bits per heavy atom. The van der Waals surface area contributed by atoms with Gasteiger partial charge < -0.3 is 19.7 Å². The van der Waals surface area contributed by atoms with Crippen molar-refractivity contribution >= 4 is 0 Å². The minimum atomic E-state index is -0.382. The second-order valence-electron chi connectivity index (χ2n) is 8.09. The highest BCUT2D eigenvalue weighted by molar-refractivity contribution is 5.56. The molecule has 0 fully saturated rings. The van der Waals surface area contributed by atoms with Crippen LogP contribution in [0.4, 0.5) is 0 Å². The van der Waals surface area contributed by atoms with Crippen LogP contribution in [0.1, 0.15) is 40.3 Å². The number of aliphatic hydroxyl groups is 2. The van der Waals surface area contributed by atoms with Gasteiger partial charge in [-0.1, -0.05) is 42.0 Å². The van der Waals surface area contributed by atoms with Crippen LogP contribution in [-0.4, -0.2) is 36.6 Å². The predicted octanol–water partition coefficient (Wildman–Crippen LogP) is 4.71. The first kappa shape index (κ1) is 22.9. The van der Waals surface area contributed by atoms with E-state index < -0.39 is 0 Å². The van der Waals surface area contributed by atoms with Crippen LogP contribution in [0.2, 0.25) is 0 Å². The molecule has 0 saturated carbocycles. The molecule has 0 aliphatic carbocycles. The van der Waals surface area contributed by atoms with Crippen LogP contribution >= 0.6 is 0 Å². The molecule has 0 aliphatic rings. The highest BCUT2D eigenvalue weighted by Crippen LogP contribution is 2.43. The van der Waals surface area contributed by atoms with E-state index in [2.05, 4.69) is 64.1 Å². The van der Waals surface area contributed by atoms with Gasteiger partial charge in [0, 0.05) is 5.41 Å². The average Bonchev–Trinajstić information content (AvgIpc) is 2.76. The predicted molar refractivity (Wildman–Crippen MR) is 124 cm³/mol. The molecule has 0 spiro atoms. The first-order chi connectivity index (χ1) is 14.9. The topological polar surface area (TPSA) is 58.9 Å². The summed E-state index contributed by atoms with van der Waals surface area (Å²) in [5.41, 5.74) is 6.97. The molecule has 3 rings (SSSR count). The summed E-state index contributed by atoms with van der Waals surface area (Å²) in [4.78, 5) is 0. The Balaban J connectivity index is 2.12. The zero-order valence-electron chi connectivity index (χ0n) is 18.8. The second-order valence-corrected chi connectivity index (χ2v) is 8.09. The summed E-state index contributed by atoms with van der Waals surface area (Å²) in [5.74, 6) is 1.48. The summed E-state index contributed by atoms with van der Waals surface area (Å²) in [6, 6.07) is 20.7. The molecule has 0 unspecified atom stereocenters. The van der Waals surface area contributed by atoms with Gasteiger partial charge in [-0.25, -0.2) is 0 Å². The molecule has 4 heteroatoms. The van der Waals surface area contributed by atoms with E-state index in [0.717, 1.165) is 22.6 Å². The number of aliphatic hydroxyl groups excluding tert-OH is 2. The zero-order valence-corrected chi connectivity index (χ0v) is 18.8. The van der Waals surface area contributed by atoms with Gasteiger partial charge in [-0.05, 0) is 79.8 Å². The lowest BCUT2D eigenvalue weighted by molar-refractivity contribution is 0.201. The molecule has 0 atom stereocenters. The second kappa shape index (κ2) is 9.99. The summed E-state index contributed by atoms with van der Waals surface area (Å²) >= 11 is 0. The van der Waals surface area contributed by atoms with Crippen molar-refractivity contribution in [3.8, 4) is 11.5 Å². The third kappa shape index (κ3) is 4.92. The van der Waals surface area contributed by atoms with Gasteiger partial charge in [-0.2, -0.15) is 0 Å². The van der Waals surface area contributed by atoms with Crippen LogP contribution in [0.3, 0.4) is 0 Å². The molecular formula is C27H32O4. The highest BCUT2D eigenvalue weighted by Gasteiger charge is 2.34. The highest BCUT2D eigenvalue weighted by atomic mass is 16.5. The van der Waals surface area contributed by atoms with Gasteiger partial charge in [0.2, 0.25) is 0 Å². The molecule has 0 aromatic heterocycles. The largest absolute Gasteiger partial charge is 0.491 e. The van der Waals surface area contributed by atoms with Gasteiger partial charge in [0.25, 0.3) is 0 Å². The molecular weight excluding hydrogens is 388 g/mol. The molecule has 3 aromatic rings. The Hall–Kier alpha value is -2.82. The molecule has 0 amide bonds. The summed E-state index contributed by atoms with van der Waals surface area (Å²) in [7, 11) is 0. The first-order valence-corrected chi connectivity index (χ1v) is 10.7. The monoisotopic (exact) mass is 420 g/mol. The number of hydrogen-bond acceptors (Lipinski definition) is 4. The van der Waals surface area contributed by atoms with E-state index in [-0.39, 0.29) is 31.8 Å². The fourth-order valence-corrected chi connectivity index (χ4v) is 4.52. The average molecular weight is 421 g/mol. The molecule has 0 aliphatic heterocycles. The molecule has 0 saturated heterocycles. The van der Waals surface area contributed by atoms with Crippen molar-refractivity contribution < 1.29 is 19.7 Å². The van der Waals surface area contributed by atoms with E-state index in [1.54, 1.807) is 0 Å². The minimum Gasteiger partial charge on any atom is -0.491 e. The summed E-state index contributed by atoms with van der Waals surface area (Å²) in [6.07, 6.45) is 0. The van der Waals surface area contributed by atoms with Crippen LogP contribution in [0, 0.1) is 20.8 Å². The number of ether oxygens (including phenoxy) is 2. The van der Waals surface area contributed by atoms with Crippen molar-refractivity contribution in [2.24, 2.45) is 0 Å². The smallest absolute Gasteiger partial charge is 0.119 e. The molecule has 0 heterocycles. The van der Waals surface area contributed by atoms with Crippen LogP contribution in [0.5, 0.6) is 11.5 Å². The maximum Gasteiger partial charge on any atom is 0.119 e. The fourth-order valence-electron chi connectivity index (χ4n) is 4.52. The van der Waals surface area contributed by atoms with Gasteiger partial charge in [-0.15, -0.1) is 0 Å². The zero-order chi connectivity index (χ0) is 22.4. The maximum atomic E-state index is 9.02. The van der Waals surface area contributed by atoms with Crippen molar-refractivity contribution in [3.63, 3.8) is 0 Å². The van der Waals surface area contributed by atoms with Gasteiger partial charge in [0.15, 0.2) is 0 Å². The summed E-state index contributed by atoms with van der Waals surface area (Å²) in [6.45, 7) is 9.27. The molecule has 3 aromatic carbocycles. The van der Waals surface area contributed by atoms with Gasteiger partial charge >= 0.3 is 0 Å². The Morgan fingerprint density at radius 3 is 1.42 bits per heavy atom. The van der Waals surface area contributed by atoms with Crippen molar-refractivity contribution in [1.82, 2.24) is 0 Å². The first-order valence-electron chi connectivity index (χ1n) is 10.7. The fraction of sp³-hybridized carbons (Fsp3) is 0.333. The lowest BCUT2D eigenvalue weighted by Gasteiger charge is -2.35. The van der Waals surface area contributed by atoms with Crippen molar-refractivity contribution in [2.75, 3.05) is 26.4 Å². The Labute approximate surface area is 185 Å². The molecule has 0 bridgehead atoms. The number of aryl methyl sites for hydroxylation is 3. The van der Waals surface area contributed by atoms with Crippen LogP contribution in [0.25, 0.3) is 0 Å². The molecule has 0 radical (unpaired) electrons. The number of hydrogen-bond donors (Lipinski definition) is 2. The minimum absolute atomic E-state index is 0.00801. The Kier molecular flexibility index (Phi) is 7.37. The maximum absolute atomic E-state index is 9.02.